The minimum Gasteiger partial charge on any atom is -0.312 e. The molecule has 1 aromatic carbocycles. The Morgan fingerprint density at radius 1 is 0.850 bits per heavy atom. The van der Waals surface area contributed by atoms with Crippen LogP contribution >= 0.6 is 24.8 Å². The van der Waals surface area contributed by atoms with Crippen LogP contribution in [0.15, 0.2) is 24.3 Å². The summed E-state index contributed by atoms with van der Waals surface area (Å²) in [4.78, 5) is 0. The van der Waals surface area contributed by atoms with Crippen molar-refractivity contribution in [3.8, 4) is 12.1 Å². The molecule has 0 fully saturated rings. The molecule has 0 saturated heterocycles. The van der Waals surface area contributed by atoms with Crippen LogP contribution in [-0.4, -0.2) is 13.1 Å². The maximum absolute atomic E-state index is 8.43. The van der Waals surface area contributed by atoms with Crippen LogP contribution in [0.4, 0.5) is 0 Å². The monoisotopic (exact) mass is 314 g/mol. The summed E-state index contributed by atoms with van der Waals surface area (Å²) in [6.45, 7) is 3.02. The summed E-state index contributed by atoms with van der Waals surface area (Å²) in [6.07, 6.45) is 1.07. The lowest BCUT2D eigenvalue weighted by molar-refractivity contribution is 0.687. The fraction of sp³-hybridized carbons (Fsp3) is 0.429. The minimum atomic E-state index is 0. The normalized spacial score (nSPS) is 8.70. The zero-order chi connectivity index (χ0) is 13.1. The van der Waals surface area contributed by atoms with Crippen LogP contribution < -0.4 is 10.6 Å². The van der Waals surface area contributed by atoms with E-state index in [9.17, 15) is 0 Å². The maximum atomic E-state index is 8.43. The van der Waals surface area contributed by atoms with E-state index in [1.54, 1.807) is 0 Å². The van der Waals surface area contributed by atoms with E-state index in [4.69, 9.17) is 10.5 Å². The highest BCUT2D eigenvalue weighted by molar-refractivity contribution is 5.85. The molecule has 0 unspecified atom stereocenters. The van der Waals surface area contributed by atoms with Gasteiger partial charge in [-0.15, -0.1) is 24.8 Å². The summed E-state index contributed by atoms with van der Waals surface area (Å²) < 4.78 is 0. The van der Waals surface area contributed by atoms with E-state index in [0.29, 0.717) is 12.8 Å². The first-order valence-electron chi connectivity index (χ1n) is 6.10. The van der Waals surface area contributed by atoms with E-state index < -0.39 is 0 Å². The van der Waals surface area contributed by atoms with Crippen molar-refractivity contribution < 1.29 is 0 Å². The second-order valence-corrected chi connectivity index (χ2v) is 3.99. The molecule has 0 spiro atoms. The molecule has 0 radical (unpaired) electrons. The largest absolute Gasteiger partial charge is 0.312 e. The standard InChI is InChI=1S/C14H18N4.2ClH/c15-6-2-8-17-11-13-4-1-5-14(10-13)12-18-9-3-7-16;;/h1,4-5,10,17-18H,2-3,8-9,11-12H2;2*1H. The van der Waals surface area contributed by atoms with Crippen molar-refractivity contribution in [2.24, 2.45) is 0 Å². The van der Waals surface area contributed by atoms with E-state index in [1.807, 2.05) is 6.07 Å². The number of hydrogen-bond donors (Lipinski definition) is 2. The summed E-state index contributed by atoms with van der Waals surface area (Å²) in [7, 11) is 0. The first-order valence-corrected chi connectivity index (χ1v) is 6.10. The third-order valence-electron chi connectivity index (χ3n) is 2.48. The van der Waals surface area contributed by atoms with Gasteiger partial charge < -0.3 is 10.6 Å². The number of nitrogens with zero attached hydrogens (tertiary/aromatic N) is 2. The minimum absolute atomic E-state index is 0. The number of hydrogen-bond acceptors (Lipinski definition) is 4. The summed E-state index contributed by atoms with van der Waals surface area (Å²) in [5.41, 5.74) is 2.43. The van der Waals surface area contributed by atoms with Gasteiger partial charge in [0.15, 0.2) is 0 Å². The second-order valence-electron chi connectivity index (χ2n) is 3.99. The molecular weight excluding hydrogens is 295 g/mol. The average molecular weight is 315 g/mol. The van der Waals surface area contributed by atoms with Crippen molar-refractivity contribution in [2.45, 2.75) is 25.9 Å². The molecule has 0 saturated carbocycles. The fourth-order valence-corrected chi connectivity index (χ4v) is 1.60. The van der Waals surface area contributed by atoms with Crippen LogP contribution in [0.2, 0.25) is 0 Å². The van der Waals surface area contributed by atoms with Crippen molar-refractivity contribution in [2.75, 3.05) is 13.1 Å². The molecule has 0 heterocycles. The highest BCUT2D eigenvalue weighted by atomic mass is 35.5. The third-order valence-corrected chi connectivity index (χ3v) is 2.48. The molecule has 20 heavy (non-hydrogen) atoms. The third kappa shape index (κ3) is 9.61. The number of nitriles is 2. The van der Waals surface area contributed by atoms with Crippen LogP contribution in [0.25, 0.3) is 0 Å². The lowest BCUT2D eigenvalue weighted by Crippen LogP contribution is -2.16. The number of nitrogens with one attached hydrogen (secondary N) is 2. The van der Waals surface area contributed by atoms with E-state index >= 15 is 0 Å². The predicted octanol–water partition coefficient (Wildman–Crippen LogP) is 2.54. The van der Waals surface area contributed by atoms with E-state index in [1.165, 1.54) is 11.1 Å². The van der Waals surface area contributed by atoms with Gasteiger partial charge in [0.25, 0.3) is 0 Å². The Bertz CT molecular complexity index is 400. The van der Waals surface area contributed by atoms with Gasteiger partial charge in [0, 0.05) is 39.0 Å². The molecule has 1 aromatic rings. The topological polar surface area (TPSA) is 71.6 Å². The molecule has 0 aliphatic carbocycles. The van der Waals surface area contributed by atoms with Gasteiger partial charge in [-0.25, -0.2) is 0 Å². The predicted molar refractivity (Wildman–Crippen MR) is 84.8 cm³/mol. The van der Waals surface area contributed by atoms with E-state index in [2.05, 4.69) is 41.0 Å². The smallest absolute Gasteiger partial charge is 0.0635 e. The van der Waals surface area contributed by atoms with E-state index in [0.717, 1.165) is 26.2 Å². The van der Waals surface area contributed by atoms with Gasteiger partial charge in [-0.05, 0) is 11.1 Å². The zero-order valence-electron chi connectivity index (χ0n) is 11.3. The van der Waals surface area contributed by atoms with Crippen molar-refractivity contribution in [3.05, 3.63) is 35.4 Å². The van der Waals surface area contributed by atoms with Gasteiger partial charge >= 0.3 is 0 Å². The lowest BCUT2D eigenvalue weighted by Gasteiger charge is -2.06. The first kappa shape index (κ1) is 21.0. The quantitative estimate of drug-likeness (QED) is 0.723. The molecule has 6 heteroatoms. The molecule has 0 aliphatic rings. The molecule has 0 bridgehead atoms. The summed E-state index contributed by atoms with van der Waals surface area (Å²) in [5.74, 6) is 0. The molecule has 0 atom stereocenters. The highest BCUT2D eigenvalue weighted by Gasteiger charge is 1.96. The summed E-state index contributed by atoms with van der Waals surface area (Å²) in [5, 5.41) is 23.3. The van der Waals surface area contributed by atoms with Crippen molar-refractivity contribution in [1.82, 2.24) is 10.6 Å². The Hall–Kier alpha value is -1.30. The Morgan fingerprint density at radius 2 is 1.30 bits per heavy atom. The van der Waals surface area contributed by atoms with Crippen molar-refractivity contribution >= 4 is 24.8 Å². The Balaban J connectivity index is 0. The van der Waals surface area contributed by atoms with Crippen LogP contribution in [0, 0.1) is 22.7 Å². The highest BCUT2D eigenvalue weighted by Crippen LogP contribution is 2.05. The molecule has 0 amide bonds. The van der Waals surface area contributed by atoms with Gasteiger partial charge in [-0.1, -0.05) is 24.3 Å². The van der Waals surface area contributed by atoms with Gasteiger partial charge in [0.05, 0.1) is 12.1 Å². The molecule has 2 N–H and O–H groups in total. The van der Waals surface area contributed by atoms with Crippen molar-refractivity contribution in [1.29, 1.82) is 10.5 Å². The van der Waals surface area contributed by atoms with Gasteiger partial charge in [0.2, 0.25) is 0 Å². The number of benzene rings is 1. The van der Waals surface area contributed by atoms with E-state index in [-0.39, 0.29) is 24.8 Å². The van der Waals surface area contributed by atoms with Crippen molar-refractivity contribution in [3.63, 3.8) is 0 Å². The molecule has 4 nitrogen and oxygen atoms in total. The molecule has 1 rings (SSSR count). The molecule has 110 valence electrons. The van der Waals surface area contributed by atoms with Crippen LogP contribution in [-0.2, 0) is 13.1 Å². The first-order chi connectivity index (χ1) is 8.86. The lowest BCUT2D eigenvalue weighted by atomic mass is 10.1. The van der Waals surface area contributed by atoms with Crippen LogP contribution in [0.1, 0.15) is 24.0 Å². The average Bonchev–Trinajstić information content (AvgIpc) is 2.40. The Morgan fingerprint density at radius 3 is 1.70 bits per heavy atom. The Kier molecular flexibility index (Phi) is 14.8. The SMILES string of the molecule is Cl.Cl.N#CCCNCc1cccc(CNCCC#N)c1. The second kappa shape index (κ2) is 14.1. The number of halogens is 2. The summed E-state index contributed by atoms with van der Waals surface area (Å²) >= 11 is 0. The number of rotatable bonds is 8. The zero-order valence-corrected chi connectivity index (χ0v) is 12.9. The van der Waals surface area contributed by atoms with Crippen LogP contribution in [0.5, 0.6) is 0 Å². The molecular formula is C14H20Cl2N4. The Labute approximate surface area is 133 Å². The molecule has 0 aliphatic heterocycles. The fourth-order valence-electron chi connectivity index (χ4n) is 1.60. The van der Waals surface area contributed by atoms with Gasteiger partial charge in [-0.2, -0.15) is 10.5 Å². The van der Waals surface area contributed by atoms with Gasteiger partial charge in [-0.3, -0.25) is 0 Å². The molecule has 0 aromatic heterocycles. The van der Waals surface area contributed by atoms with Gasteiger partial charge in [0.1, 0.15) is 0 Å². The summed E-state index contributed by atoms with van der Waals surface area (Å²) in [6, 6.07) is 12.5. The van der Waals surface area contributed by atoms with Crippen LogP contribution in [0.3, 0.4) is 0 Å². The maximum Gasteiger partial charge on any atom is 0.0635 e.